The highest BCUT2D eigenvalue weighted by molar-refractivity contribution is 7.89. The number of nitro benzene ring substituents is 1. The van der Waals surface area contributed by atoms with Gasteiger partial charge in [0.1, 0.15) is 6.17 Å². The van der Waals surface area contributed by atoms with Gasteiger partial charge in [-0.2, -0.15) is 17.9 Å². The number of hydrazone groups is 1. The van der Waals surface area contributed by atoms with Crippen molar-refractivity contribution in [3.05, 3.63) is 99.6 Å². The maximum Gasteiger partial charge on any atom is 0.280 e. The molecule has 0 spiro atoms. The molecule has 0 saturated carbocycles. The first-order valence-corrected chi connectivity index (χ1v) is 13.7. The van der Waals surface area contributed by atoms with Crippen LogP contribution in [0.5, 0.6) is 0 Å². The molecule has 0 amide bonds. The van der Waals surface area contributed by atoms with Crippen LogP contribution in [0, 0.1) is 24.0 Å². The van der Waals surface area contributed by atoms with Crippen LogP contribution in [0.15, 0.2) is 87.7 Å². The van der Waals surface area contributed by atoms with Gasteiger partial charge in [0.2, 0.25) is 0 Å². The Morgan fingerprint density at radius 2 is 1.50 bits per heavy atom. The number of aryl methyl sites for hydroxylation is 2. The lowest BCUT2D eigenvalue weighted by Crippen LogP contribution is -2.51. The number of hydrazine groups is 1. The number of hydrogen-bond donors (Lipinski definition) is 2. The Balaban J connectivity index is 1.67. The van der Waals surface area contributed by atoms with E-state index in [1.165, 1.54) is 42.5 Å². The zero-order chi connectivity index (χ0) is 26.1. The number of non-ortho nitro benzene ring substituents is 1. The molecule has 13 heteroatoms. The van der Waals surface area contributed by atoms with Gasteiger partial charge in [0.25, 0.3) is 25.7 Å². The fraction of sp³-hybridized carbons (Fsp3) is 0.174. The summed E-state index contributed by atoms with van der Waals surface area (Å²) in [5.41, 5.74) is 4.71. The molecule has 0 radical (unpaired) electrons. The molecule has 11 nitrogen and oxygen atoms in total. The normalized spacial score (nSPS) is 16.1. The van der Waals surface area contributed by atoms with Crippen LogP contribution in [-0.2, 0) is 20.0 Å². The summed E-state index contributed by atoms with van der Waals surface area (Å²) in [6.07, 6.45) is -1.19. The number of nitrogens with zero attached hydrogens (tertiary/aromatic N) is 3. The molecule has 0 bridgehead atoms. The lowest BCUT2D eigenvalue weighted by Gasteiger charge is -2.24. The summed E-state index contributed by atoms with van der Waals surface area (Å²) in [7, 11) is -8.22. The lowest BCUT2D eigenvalue weighted by atomic mass is 10.1. The van der Waals surface area contributed by atoms with Gasteiger partial charge in [0.15, 0.2) is 0 Å². The van der Waals surface area contributed by atoms with Crippen molar-refractivity contribution in [1.82, 2.24) is 14.7 Å². The van der Waals surface area contributed by atoms with Gasteiger partial charge >= 0.3 is 0 Å². The van der Waals surface area contributed by atoms with Crippen molar-refractivity contribution in [3.8, 4) is 0 Å². The summed E-state index contributed by atoms with van der Waals surface area (Å²) in [4.78, 5) is 12.8. The van der Waals surface area contributed by atoms with Crippen molar-refractivity contribution in [1.29, 1.82) is 0 Å². The van der Waals surface area contributed by atoms with E-state index in [4.69, 9.17) is 0 Å². The SMILES string of the molecule is Cc1ccc(S(=O)(=O)NNC2CC(c3cccc([N+](=O)[O-])c3)=NN2S(=O)(=O)c2ccc(C)cc2)cc1. The van der Waals surface area contributed by atoms with E-state index in [0.717, 1.165) is 15.5 Å². The largest absolute Gasteiger partial charge is 0.280 e. The molecule has 188 valence electrons. The first kappa shape index (κ1) is 25.4. The second-order valence-electron chi connectivity index (χ2n) is 8.23. The van der Waals surface area contributed by atoms with Crippen molar-refractivity contribution >= 4 is 31.4 Å². The average Bonchev–Trinajstić information content (AvgIpc) is 3.29. The molecule has 3 aromatic carbocycles. The maximum atomic E-state index is 13.4. The van der Waals surface area contributed by atoms with Gasteiger partial charge in [-0.15, -0.1) is 4.83 Å². The number of sulfonamides is 2. The van der Waals surface area contributed by atoms with Crippen LogP contribution < -0.4 is 10.3 Å². The Morgan fingerprint density at radius 3 is 2.08 bits per heavy atom. The van der Waals surface area contributed by atoms with Crippen LogP contribution in [0.1, 0.15) is 23.1 Å². The lowest BCUT2D eigenvalue weighted by molar-refractivity contribution is -0.384. The molecule has 0 saturated heterocycles. The number of rotatable bonds is 8. The van der Waals surface area contributed by atoms with Crippen molar-refractivity contribution in [2.24, 2.45) is 5.10 Å². The van der Waals surface area contributed by atoms with E-state index in [0.29, 0.717) is 5.56 Å². The van der Waals surface area contributed by atoms with Crippen LogP contribution in [-0.4, -0.2) is 38.1 Å². The van der Waals surface area contributed by atoms with Crippen LogP contribution in [0.25, 0.3) is 0 Å². The minimum absolute atomic E-state index is 0.00800. The minimum Gasteiger partial charge on any atom is -0.258 e. The van der Waals surface area contributed by atoms with Gasteiger partial charge in [-0.3, -0.25) is 10.1 Å². The molecular formula is C23H23N5O6S2. The Morgan fingerprint density at radius 1 is 0.917 bits per heavy atom. The Hall–Kier alpha value is -3.65. The van der Waals surface area contributed by atoms with Crippen molar-refractivity contribution < 1.29 is 21.8 Å². The van der Waals surface area contributed by atoms with Gasteiger partial charge < -0.3 is 0 Å². The van der Waals surface area contributed by atoms with E-state index in [9.17, 15) is 26.9 Å². The quantitative estimate of drug-likeness (QED) is 0.336. The van der Waals surface area contributed by atoms with Gasteiger partial charge in [-0.05, 0) is 38.1 Å². The van der Waals surface area contributed by atoms with E-state index in [2.05, 4.69) is 15.4 Å². The van der Waals surface area contributed by atoms with Gasteiger partial charge in [-0.25, -0.2) is 13.8 Å². The zero-order valence-electron chi connectivity index (χ0n) is 19.3. The molecule has 1 atom stereocenters. The summed E-state index contributed by atoms with van der Waals surface area (Å²) in [5.74, 6) is 0. The molecule has 36 heavy (non-hydrogen) atoms. The molecular weight excluding hydrogens is 506 g/mol. The predicted octanol–water partition coefficient (Wildman–Crippen LogP) is 2.82. The first-order chi connectivity index (χ1) is 17.0. The molecule has 1 heterocycles. The molecule has 0 aromatic heterocycles. The van der Waals surface area contributed by atoms with Crippen LogP contribution in [0.4, 0.5) is 5.69 Å². The molecule has 2 N–H and O–H groups in total. The van der Waals surface area contributed by atoms with E-state index in [1.807, 2.05) is 13.8 Å². The first-order valence-electron chi connectivity index (χ1n) is 10.7. The van der Waals surface area contributed by atoms with E-state index >= 15 is 0 Å². The highest BCUT2D eigenvalue weighted by atomic mass is 32.2. The maximum absolute atomic E-state index is 13.4. The summed E-state index contributed by atoms with van der Waals surface area (Å²) in [5, 5.41) is 15.4. The monoisotopic (exact) mass is 529 g/mol. The third kappa shape index (κ3) is 5.28. The van der Waals surface area contributed by atoms with E-state index in [1.54, 1.807) is 30.3 Å². The fourth-order valence-electron chi connectivity index (χ4n) is 3.53. The zero-order valence-corrected chi connectivity index (χ0v) is 21.0. The van der Waals surface area contributed by atoms with E-state index in [-0.39, 0.29) is 27.6 Å². The molecule has 1 aliphatic heterocycles. The molecule has 1 unspecified atom stereocenters. The second-order valence-corrected chi connectivity index (χ2v) is 11.7. The third-order valence-electron chi connectivity index (χ3n) is 5.52. The highest BCUT2D eigenvalue weighted by Crippen LogP contribution is 2.27. The highest BCUT2D eigenvalue weighted by Gasteiger charge is 2.37. The Kier molecular flexibility index (Phi) is 6.91. The average molecular weight is 530 g/mol. The van der Waals surface area contributed by atoms with Gasteiger partial charge in [0.05, 0.1) is 20.4 Å². The summed E-state index contributed by atoms with van der Waals surface area (Å²) >= 11 is 0. The Labute approximate surface area is 208 Å². The predicted molar refractivity (Wildman–Crippen MR) is 133 cm³/mol. The van der Waals surface area contributed by atoms with Crippen molar-refractivity contribution in [3.63, 3.8) is 0 Å². The fourth-order valence-corrected chi connectivity index (χ4v) is 5.80. The van der Waals surface area contributed by atoms with Crippen LogP contribution in [0.3, 0.4) is 0 Å². The number of benzene rings is 3. The summed E-state index contributed by atoms with van der Waals surface area (Å²) in [6, 6.07) is 17.9. The van der Waals surface area contributed by atoms with Crippen LogP contribution >= 0.6 is 0 Å². The van der Waals surface area contributed by atoms with Crippen molar-refractivity contribution in [2.45, 2.75) is 36.2 Å². The third-order valence-corrected chi connectivity index (χ3v) is 8.49. The smallest absolute Gasteiger partial charge is 0.258 e. The number of nitrogens with one attached hydrogen (secondary N) is 2. The minimum atomic E-state index is -4.20. The second kappa shape index (κ2) is 9.78. The molecule has 4 rings (SSSR count). The molecule has 0 fully saturated rings. The van der Waals surface area contributed by atoms with Crippen molar-refractivity contribution in [2.75, 3.05) is 0 Å². The number of nitro groups is 1. The van der Waals surface area contributed by atoms with Gasteiger partial charge in [0, 0.05) is 24.1 Å². The summed E-state index contributed by atoms with van der Waals surface area (Å²) < 4.78 is 53.2. The Bertz CT molecular complexity index is 1540. The van der Waals surface area contributed by atoms with E-state index < -0.39 is 31.1 Å². The molecule has 3 aromatic rings. The number of hydrogen-bond acceptors (Lipinski definition) is 8. The molecule has 1 aliphatic rings. The van der Waals surface area contributed by atoms with Crippen LogP contribution in [0.2, 0.25) is 0 Å². The van der Waals surface area contributed by atoms with Gasteiger partial charge in [-0.1, -0.05) is 47.5 Å². The topological polar surface area (TPSA) is 151 Å². The summed E-state index contributed by atoms with van der Waals surface area (Å²) in [6.45, 7) is 3.64. The molecule has 0 aliphatic carbocycles. The standard InChI is InChI=1S/C23H23N5O6S2/c1-16-6-10-20(11-7-16)35(31,32)26-24-23-15-22(18-4-3-5-19(14-18)28(29)30)25-27(23)36(33,34)21-12-8-17(2)9-13-21/h3-14,23-24,26H,15H2,1-2H3.